The van der Waals surface area contributed by atoms with Crippen LogP contribution in [0.5, 0.6) is 5.75 Å². The zero-order valence-corrected chi connectivity index (χ0v) is 11.4. The molecule has 0 saturated heterocycles. The van der Waals surface area contributed by atoms with Crippen LogP contribution >= 0.6 is 11.6 Å². The van der Waals surface area contributed by atoms with Gasteiger partial charge in [0.15, 0.2) is 0 Å². The van der Waals surface area contributed by atoms with Gasteiger partial charge in [0.25, 0.3) is 0 Å². The zero-order chi connectivity index (χ0) is 13.2. The molecule has 0 spiro atoms. The van der Waals surface area contributed by atoms with Gasteiger partial charge < -0.3 is 9.47 Å². The fraction of sp³-hybridized carbons (Fsp3) is 0.500. The van der Waals surface area contributed by atoms with E-state index in [0.717, 1.165) is 18.6 Å². The van der Waals surface area contributed by atoms with Crippen molar-refractivity contribution in [2.45, 2.75) is 26.2 Å². The van der Waals surface area contributed by atoms with E-state index in [2.05, 4.69) is 0 Å². The molecule has 0 saturated carbocycles. The van der Waals surface area contributed by atoms with Crippen LogP contribution in [0.1, 0.15) is 24.8 Å². The van der Waals surface area contributed by atoms with E-state index in [9.17, 15) is 4.79 Å². The van der Waals surface area contributed by atoms with Crippen LogP contribution in [0.3, 0.4) is 0 Å². The maximum Gasteiger partial charge on any atom is 0.306 e. The summed E-state index contributed by atoms with van der Waals surface area (Å²) in [5, 5.41) is 0. The van der Waals surface area contributed by atoms with E-state index < -0.39 is 0 Å². The maximum absolute atomic E-state index is 11.0. The highest BCUT2D eigenvalue weighted by atomic mass is 35.5. The average Bonchev–Trinajstić information content (AvgIpc) is 2.36. The Balaban J connectivity index is 2.02. The molecule has 100 valence electrons. The van der Waals surface area contributed by atoms with Crippen LogP contribution in [0.15, 0.2) is 24.3 Å². The largest absolute Gasteiger partial charge is 0.494 e. The number of carbonyl (C=O) groups excluding carboxylic acids is 1. The lowest BCUT2D eigenvalue weighted by atomic mass is 10.2. The quantitative estimate of drug-likeness (QED) is 0.413. The zero-order valence-electron chi connectivity index (χ0n) is 10.7. The molecule has 18 heavy (non-hydrogen) atoms. The molecule has 1 aromatic rings. The van der Waals surface area contributed by atoms with Crippen LogP contribution in [-0.2, 0) is 9.53 Å². The molecule has 0 amide bonds. The molecule has 4 heteroatoms. The summed E-state index contributed by atoms with van der Waals surface area (Å²) in [5.74, 6) is 0.958. The Hall–Kier alpha value is -1.22. The standard InChI is InChI=1S/C14H19ClO3/c1-12-4-6-13(7-5-12)17-10-2-3-11-18-14(16)8-9-15/h4-7H,2-3,8-11H2,1H3. The fourth-order valence-electron chi connectivity index (χ4n) is 1.36. The van der Waals surface area contributed by atoms with Crippen molar-refractivity contribution in [3.05, 3.63) is 29.8 Å². The Morgan fingerprint density at radius 1 is 1.17 bits per heavy atom. The number of carbonyl (C=O) groups is 1. The normalized spacial score (nSPS) is 10.1. The van der Waals surface area contributed by atoms with E-state index in [1.165, 1.54) is 5.56 Å². The van der Waals surface area contributed by atoms with Crippen LogP contribution in [0.2, 0.25) is 0 Å². The second kappa shape index (κ2) is 8.81. The first-order valence-corrected chi connectivity index (χ1v) is 6.67. The number of hydrogen-bond acceptors (Lipinski definition) is 3. The van der Waals surface area contributed by atoms with Gasteiger partial charge in [0.05, 0.1) is 19.6 Å². The highest BCUT2D eigenvalue weighted by molar-refractivity contribution is 6.18. The highest BCUT2D eigenvalue weighted by Crippen LogP contribution is 2.11. The van der Waals surface area contributed by atoms with Gasteiger partial charge >= 0.3 is 5.97 Å². The van der Waals surface area contributed by atoms with Crippen LogP contribution in [0.25, 0.3) is 0 Å². The van der Waals surface area contributed by atoms with E-state index in [1.807, 2.05) is 31.2 Å². The van der Waals surface area contributed by atoms with Crippen molar-refractivity contribution in [1.82, 2.24) is 0 Å². The first kappa shape index (κ1) is 14.8. The Kier molecular flexibility index (Phi) is 7.26. The van der Waals surface area contributed by atoms with Gasteiger partial charge in [-0.3, -0.25) is 4.79 Å². The molecule has 1 rings (SSSR count). The fourth-order valence-corrected chi connectivity index (χ4v) is 1.52. The van der Waals surface area contributed by atoms with Gasteiger partial charge in [0.2, 0.25) is 0 Å². The topological polar surface area (TPSA) is 35.5 Å². The van der Waals surface area contributed by atoms with E-state index in [4.69, 9.17) is 21.1 Å². The molecule has 0 heterocycles. The Morgan fingerprint density at radius 2 is 1.83 bits per heavy atom. The number of alkyl halides is 1. The number of unbranched alkanes of at least 4 members (excludes halogenated alkanes) is 1. The van der Waals surface area contributed by atoms with Gasteiger partial charge in [-0.2, -0.15) is 0 Å². The summed E-state index contributed by atoms with van der Waals surface area (Å²) < 4.78 is 10.5. The molecule has 0 aliphatic carbocycles. The second-order valence-corrected chi connectivity index (χ2v) is 4.41. The summed E-state index contributed by atoms with van der Waals surface area (Å²) in [6.45, 7) is 3.11. The molecular weight excluding hydrogens is 252 g/mol. The third kappa shape index (κ3) is 6.50. The number of rotatable bonds is 8. The highest BCUT2D eigenvalue weighted by Gasteiger charge is 2.00. The summed E-state index contributed by atoms with van der Waals surface area (Å²) in [7, 11) is 0. The van der Waals surface area contributed by atoms with Gasteiger partial charge in [-0.25, -0.2) is 0 Å². The summed E-state index contributed by atoms with van der Waals surface area (Å²) in [6.07, 6.45) is 1.95. The van der Waals surface area contributed by atoms with Crippen molar-refractivity contribution in [2.24, 2.45) is 0 Å². The molecule has 0 aliphatic heterocycles. The Labute approximate surface area is 113 Å². The number of halogens is 1. The van der Waals surface area contributed by atoms with E-state index in [-0.39, 0.29) is 12.4 Å². The lowest BCUT2D eigenvalue weighted by molar-refractivity contribution is -0.143. The molecule has 0 bridgehead atoms. The Bertz CT molecular complexity index is 349. The van der Waals surface area contributed by atoms with Crippen LogP contribution < -0.4 is 4.74 Å². The summed E-state index contributed by atoms with van der Waals surface area (Å²) in [6, 6.07) is 7.94. The van der Waals surface area contributed by atoms with Crippen LogP contribution in [0, 0.1) is 6.92 Å². The first-order chi connectivity index (χ1) is 8.72. The molecule has 3 nitrogen and oxygen atoms in total. The second-order valence-electron chi connectivity index (χ2n) is 4.03. The van der Waals surface area contributed by atoms with Crippen molar-refractivity contribution in [1.29, 1.82) is 0 Å². The lowest BCUT2D eigenvalue weighted by Gasteiger charge is -2.06. The number of benzene rings is 1. The van der Waals surface area contributed by atoms with Gasteiger partial charge in [0.1, 0.15) is 5.75 Å². The summed E-state index contributed by atoms with van der Waals surface area (Å²) >= 11 is 5.42. The molecule has 0 fully saturated rings. The van der Waals surface area contributed by atoms with Gasteiger partial charge in [-0.05, 0) is 31.9 Å². The summed E-state index contributed by atoms with van der Waals surface area (Å²) in [5.41, 5.74) is 1.22. The molecular formula is C14H19ClO3. The van der Waals surface area contributed by atoms with Crippen molar-refractivity contribution < 1.29 is 14.3 Å². The minimum absolute atomic E-state index is 0.232. The lowest BCUT2D eigenvalue weighted by Crippen LogP contribution is -2.07. The van der Waals surface area contributed by atoms with Gasteiger partial charge in [0, 0.05) is 5.88 Å². The van der Waals surface area contributed by atoms with E-state index >= 15 is 0 Å². The van der Waals surface area contributed by atoms with Crippen LogP contribution in [0.4, 0.5) is 0 Å². The van der Waals surface area contributed by atoms with Gasteiger partial charge in [-0.15, -0.1) is 11.6 Å². The van der Waals surface area contributed by atoms with Crippen molar-refractivity contribution in [3.63, 3.8) is 0 Å². The van der Waals surface area contributed by atoms with Gasteiger partial charge in [-0.1, -0.05) is 17.7 Å². The predicted molar refractivity (Wildman–Crippen MR) is 72.2 cm³/mol. The van der Waals surface area contributed by atoms with Crippen molar-refractivity contribution >= 4 is 17.6 Å². The molecule has 0 N–H and O–H groups in total. The summed E-state index contributed by atoms with van der Waals surface area (Å²) in [4.78, 5) is 11.0. The SMILES string of the molecule is Cc1ccc(OCCCCOC(=O)CCCl)cc1. The maximum atomic E-state index is 11.0. The third-order valence-electron chi connectivity index (χ3n) is 2.39. The monoisotopic (exact) mass is 270 g/mol. The molecule has 0 unspecified atom stereocenters. The minimum atomic E-state index is -0.232. The minimum Gasteiger partial charge on any atom is -0.494 e. The number of hydrogen-bond donors (Lipinski definition) is 0. The number of ether oxygens (including phenoxy) is 2. The van der Waals surface area contributed by atoms with Crippen molar-refractivity contribution in [2.75, 3.05) is 19.1 Å². The molecule has 0 atom stereocenters. The molecule has 0 radical (unpaired) electrons. The average molecular weight is 271 g/mol. The number of aryl methyl sites for hydroxylation is 1. The van der Waals surface area contributed by atoms with Crippen molar-refractivity contribution in [3.8, 4) is 5.75 Å². The van der Waals surface area contributed by atoms with E-state index in [0.29, 0.717) is 19.1 Å². The number of esters is 1. The smallest absolute Gasteiger partial charge is 0.306 e. The first-order valence-electron chi connectivity index (χ1n) is 6.13. The predicted octanol–water partition coefficient (Wildman–Crippen LogP) is 3.33. The van der Waals surface area contributed by atoms with E-state index in [1.54, 1.807) is 0 Å². The molecule has 0 aromatic heterocycles. The molecule has 0 aliphatic rings. The van der Waals surface area contributed by atoms with Crippen LogP contribution in [-0.4, -0.2) is 25.1 Å². The molecule has 1 aromatic carbocycles. The Morgan fingerprint density at radius 3 is 2.50 bits per heavy atom. The third-order valence-corrected chi connectivity index (χ3v) is 2.58.